The monoisotopic (exact) mass is 425 g/mol. The van der Waals surface area contributed by atoms with Crippen LogP contribution in [0.15, 0.2) is 40.9 Å². The fraction of sp³-hybridized carbons (Fsp3) is 0.478. The molecule has 2 aliphatic rings. The summed E-state index contributed by atoms with van der Waals surface area (Å²) in [4.78, 5) is 43.0. The van der Waals surface area contributed by atoms with Gasteiger partial charge in [0.1, 0.15) is 12.1 Å². The Morgan fingerprint density at radius 1 is 1.26 bits per heavy atom. The van der Waals surface area contributed by atoms with Gasteiger partial charge in [0, 0.05) is 5.56 Å². The summed E-state index contributed by atoms with van der Waals surface area (Å²) >= 11 is 0. The molecular weight excluding hydrogens is 398 g/mol. The number of carbonyl (C=O) groups excluding carboxylic acids is 3. The second-order valence-corrected chi connectivity index (χ2v) is 9.40. The fourth-order valence-corrected chi connectivity index (χ4v) is 5.08. The van der Waals surface area contributed by atoms with Crippen molar-refractivity contribution in [1.29, 1.82) is 0 Å². The van der Waals surface area contributed by atoms with Crippen LogP contribution in [-0.2, 0) is 20.9 Å². The van der Waals surface area contributed by atoms with Crippen LogP contribution in [0.25, 0.3) is 11.3 Å². The minimum Gasteiger partial charge on any atom is -0.454 e. The van der Waals surface area contributed by atoms with Gasteiger partial charge in [-0.3, -0.25) is 14.5 Å². The highest BCUT2D eigenvalue weighted by Gasteiger charge is 2.56. The van der Waals surface area contributed by atoms with E-state index in [1.165, 1.54) is 0 Å². The molecular formula is C23H27N3O5. The van der Waals surface area contributed by atoms with Gasteiger partial charge in [-0.05, 0) is 30.6 Å². The molecule has 2 unspecified atom stereocenters. The minimum absolute atomic E-state index is 0.0709. The average Bonchev–Trinajstić information content (AvgIpc) is 3.25. The largest absolute Gasteiger partial charge is 0.454 e. The third-order valence-corrected chi connectivity index (χ3v) is 5.88. The Morgan fingerprint density at radius 2 is 2.00 bits per heavy atom. The lowest BCUT2D eigenvalue weighted by molar-refractivity contribution is -0.150. The van der Waals surface area contributed by atoms with Crippen LogP contribution in [-0.4, -0.2) is 39.9 Å². The van der Waals surface area contributed by atoms with E-state index >= 15 is 0 Å². The fourth-order valence-electron chi connectivity index (χ4n) is 5.08. The number of rotatable bonds is 5. The average molecular weight is 425 g/mol. The number of carbonyl (C=O) groups is 3. The molecule has 0 bridgehead atoms. The number of nitrogens with one attached hydrogen (secondary N) is 1. The van der Waals surface area contributed by atoms with Gasteiger partial charge in [-0.1, -0.05) is 51.1 Å². The molecule has 164 valence electrons. The predicted molar refractivity (Wildman–Crippen MR) is 112 cm³/mol. The Hall–Kier alpha value is -3.16. The number of benzene rings is 1. The SMILES string of the molecule is CC1CC(C)(C)CC2(C1)NC(=O)N(CC(=O)OCc1ncc(-c3ccccc3)o1)C2=O. The van der Waals surface area contributed by atoms with Crippen molar-refractivity contribution in [2.24, 2.45) is 11.3 Å². The van der Waals surface area contributed by atoms with Gasteiger partial charge in [-0.2, -0.15) is 0 Å². The molecule has 1 saturated heterocycles. The standard InChI is InChI=1S/C23H27N3O5/c1-15-9-22(2,3)14-23(10-15)20(28)26(21(29)25-23)12-19(27)30-13-18-24-11-17(31-18)16-7-5-4-6-8-16/h4-8,11,15H,9-10,12-14H2,1-3H3,(H,25,29). The third kappa shape index (κ3) is 4.33. The molecule has 31 heavy (non-hydrogen) atoms. The maximum Gasteiger partial charge on any atom is 0.326 e. The number of oxazole rings is 1. The molecule has 1 aromatic carbocycles. The lowest BCUT2D eigenvalue weighted by Crippen LogP contribution is -2.54. The zero-order valence-corrected chi connectivity index (χ0v) is 18.0. The Balaban J connectivity index is 1.36. The quantitative estimate of drug-likeness (QED) is 0.581. The van der Waals surface area contributed by atoms with Gasteiger partial charge >= 0.3 is 12.0 Å². The van der Waals surface area contributed by atoms with Gasteiger partial charge < -0.3 is 14.5 Å². The first-order valence-corrected chi connectivity index (χ1v) is 10.5. The van der Waals surface area contributed by atoms with Gasteiger partial charge in [0.15, 0.2) is 12.4 Å². The summed E-state index contributed by atoms with van der Waals surface area (Å²) in [6.07, 6.45) is 3.68. The van der Waals surface area contributed by atoms with Crippen LogP contribution in [0.1, 0.15) is 45.9 Å². The zero-order valence-electron chi connectivity index (χ0n) is 18.0. The number of urea groups is 1. The first-order chi connectivity index (χ1) is 14.7. The first-order valence-electron chi connectivity index (χ1n) is 10.5. The number of nitrogens with zero attached hydrogens (tertiary/aromatic N) is 2. The smallest absolute Gasteiger partial charge is 0.326 e. The number of hydrogen-bond donors (Lipinski definition) is 1. The van der Waals surface area contributed by atoms with Crippen molar-refractivity contribution in [2.75, 3.05) is 6.54 Å². The van der Waals surface area contributed by atoms with Crippen molar-refractivity contribution in [3.8, 4) is 11.3 Å². The van der Waals surface area contributed by atoms with E-state index in [2.05, 4.69) is 31.1 Å². The van der Waals surface area contributed by atoms with E-state index in [0.29, 0.717) is 24.5 Å². The van der Waals surface area contributed by atoms with Crippen LogP contribution in [0.3, 0.4) is 0 Å². The molecule has 1 N–H and O–H groups in total. The van der Waals surface area contributed by atoms with Gasteiger partial charge in [0.05, 0.1) is 6.20 Å². The van der Waals surface area contributed by atoms with Crippen molar-refractivity contribution in [3.63, 3.8) is 0 Å². The van der Waals surface area contributed by atoms with E-state index < -0.39 is 24.1 Å². The van der Waals surface area contributed by atoms with Crippen LogP contribution in [0.5, 0.6) is 0 Å². The van der Waals surface area contributed by atoms with Crippen LogP contribution >= 0.6 is 0 Å². The van der Waals surface area contributed by atoms with Crippen LogP contribution in [0.2, 0.25) is 0 Å². The van der Waals surface area contributed by atoms with Crippen LogP contribution < -0.4 is 5.32 Å². The van der Waals surface area contributed by atoms with Gasteiger partial charge in [-0.15, -0.1) is 0 Å². The second-order valence-electron chi connectivity index (χ2n) is 9.40. The van der Waals surface area contributed by atoms with Crippen molar-refractivity contribution < 1.29 is 23.5 Å². The molecule has 0 radical (unpaired) electrons. The number of imide groups is 1. The molecule has 8 nitrogen and oxygen atoms in total. The third-order valence-electron chi connectivity index (χ3n) is 5.88. The number of esters is 1. The Labute approximate surface area is 181 Å². The number of amides is 3. The van der Waals surface area contributed by atoms with E-state index in [0.717, 1.165) is 16.9 Å². The molecule has 2 heterocycles. The molecule has 1 saturated carbocycles. The summed E-state index contributed by atoms with van der Waals surface area (Å²) in [5.74, 6) is 0.0591. The molecule has 1 aromatic heterocycles. The number of hydrogen-bond acceptors (Lipinski definition) is 6. The van der Waals surface area contributed by atoms with Crippen molar-refractivity contribution in [2.45, 2.75) is 52.2 Å². The molecule has 3 amide bonds. The summed E-state index contributed by atoms with van der Waals surface area (Å²) in [7, 11) is 0. The maximum atomic E-state index is 13.1. The Kier molecular flexibility index (Phi) is 5.33. The lowest BCUT2D eigenvalue weighted by atomic mass is 9.64. The number of aromatic nitrogens is 1. The van der Waals surface area contributed by atoms with E-state index in [1.807, 2.05) is 30.3 Å². The molecule has 1 aliphatic carbocycles. The summed E-state index contributed by atoms with van der Waals surface area (Å²) in [6.45, 7) is 5.67. The van der Waals surface area contributed by atoms with Crippen molar-refractivity contribution in [1.82, 2.24) is 15.2 Å². The topological polar surface area (TPSA) is 102 Å². The maximum absolute atomic E-state index is 13.1. The molecule has 1 aliphatic heterocycles. The number of ether oxygens (including phenoxy) is 1. The van der Waals surface area contributed by atoms with Crippen molar-refractivity contribution >= 4 is 17.9 Å². The highest BCUT2D eigenvalue weighted by atomic mass is 16.5. The molecule has 2 aromatic rings. The van der Waals surface area contributed by atoms with E-state index in [4.69, 9.17) is 9.15 Å². The minimum atomic E-state index is -0.939. The normalized spacial score (nSPS) is 25.0. The second kappa shape index (κ2) is 7.83. The summed E-state index contributed by atoms with van der Waals surface area (Å²) < 4.78 is 10.8. The molecule has 4 rings (SSSR count). The summed E-state index contributed by atoms with van der Waals surface area (Å²) in [5.41, 5.74) is -0.147. The van der Waals surface area contributed by atoms with E-state index in [-0.39, 0.29) is 23.8 Å². The highest BCUT2D eigenvalue weighted by Crippen LogP contribution is 2.46. The van der Waals surface area contributed by atoms with E-state index in [1.54, 1.807) is 6.20 Å². The zero-order chi connectivity index (χ0) is 22.2. The molecule has 1 spiro atoms. The van der Waals surface area contributed by atoms with Crippen molar-refractivity contribution in [3.05, 3.63) is 42.4 Å². The van der Waals surface area contributed by atoms with Gasteiger partial charge in [-0.25, -0.2) is 9.78 Å². The highest BCUT2D eigenvalue weighted by molar-refractivity contribution is 6.08. The van der Waals surface area contributed by atoms with Crippen LogP contribution in [0.4, 0.5) is 4.79 Å². The molecule has 2 atom stereocenters. The van der Waals surface area contributed by atoms with Crippen LogP contribution in [0, 0.1) is 11.3 Å². The van der Waals surface area contributed by atoms with E-state index in [9.17, 15) is 14.4 Å². The molecule has 8 heteroatoms. The molecule has 2 fully saturated rings. The first kappa shape index (κ1) is 21.1. The predicted octanol–water partition coefficient (Wildman–Crippen LogP) is 3.52. The Morgan fingerprint density at radius 3 is 2.71 bits per heavy atom. The summed E-state index contributed by atoms with van der Waals surface area (Å²) in [6, 6.07) is 8.90. The van der Waals surface area contributed by atoms with Gasteiger partial charge in [0.2, 0.25) is 5.89 Å². The summed E-state index contributed by atoms with van der Waals surface area (Å²) in [5, 5.41) is 2.85. The Bertz CT molecular complexity index is 1000. The van der Waals surface area contributed by atoms with Gasteiger partial charge in [0.25, 0.3) is 5.91 Å². The lowest BCUT2D eigenvalue weighted by Gasteiger charge is -2.43.